The van der Waals surface area contributed by atoms with E-state index in [9.17, 15) is 4.79 Å². The number of para-hydroxylation sites is 1. The van der Waals surface area contributed by atoms with Gasteiger partial charge < -0.3 is 5.32 Å². The number of carbonyl (C=O) groups is 1. The molecule has 0 saturated carbocycles. The smallest absolute Gasteiger partial charge is 0.253 e. The van der Waals surface area contributed by atoms with Crippen LogP contribution in [0.25, 0.3) is 22.7 Å². The van der Waals surface area contributed by atoms with Gasteiger partial charge in [-0.3, -0.25) is 4.79 Å². The van der Waals surface area contributed by atoms with Crippen LogP contribution in [0.15, 0.2) is 78.2 Å². The van der Waals surface area contributed by atoms with Crippen molar-refractivity contribution >= 4 is 29.3 Å². The van der Waals surface area contributed by atoms with E-state index in [0.29, 0.717) is 16.8 Å². The highest BCUT2D eigenvalue weighted by Gasteiger charge is 2.16. The fourth-order valence-electron chi connectivity index (χ4n) is 3.46. The molecule has 1 N–H and O–H groups in total. The molecule has 5 rings (SSSR count). The van der Waals surface area contributed by atoms with Gasteiger partial charge in [-0.15, -0.1) is 5.10 Å². The first-order valence-corrected chi connectivity index (χ1v) is 11.4. The minimum Gasteiger partial charge on any atom is -0.310 e. The molecule has 0 atom stereocenters. The molecule has 0 radical (unpaired) electrons. The summed E-state index contributed by atoms with van der Waals surface area (Å²) in [6.45, 7) is 4.11. The Kier molecular flexibility index (Phi) is 5.62. The van der Waals surface area contributed by atoms with Crippen LogP contribution >= 0.6 is 11.8 Å². The summed E-state index contributed by atoms with van der Waals surface area (Å²) < 4.78 is 3.34. The van der Waals surface area contributed by atoms with Gasteiger partial charge in [0.25, 0.3) is 5.78 Å². The summed E-state index contributed by atoms with van der Waals surface area (Å²) in [6, 6.07) is 19.7. The lowest BCUT2D eigenvalue weighted by atomic mass is 10.0. The first kappa shape index (κ1) is 20.9. The third kappa shape index (κ3) is 4.49. The molecule has 0 spiro atoms. The van der Waals surface area contributed by atoms with Gasteiger partial charge in [0.05, 0.1) is 17.1 Å². The molecule has 0 aliphatic carbocycles. The van der Waals surface area contributed by atoms with E-state index in [2.05, 4.69) is 52.4 Å². The van der Waals surface area contributed by atoms with E-state index in [4.69, 9.17) is 5.10 Å². The number of anilines is 1. The quantitative estimate of drug-likeness (QED) is 0.384. The summed E-state index contributed by atoms with van der Waals surface area (Å²) in [5.41, 5.74) is 4.98. The Labute approximate surface area is 194 Å². The molecule has 5 aromatic rings. The number of benzene rings is 2. The molecule has 33 heavy (non-hydrogen) atoms. The molecule has 1 amide bonds. The van der Waals surface area contributed by atoms with Crippen molar-refractivity contribution < 1.29 is 4.79 Å². The highest BCUT2D eigenvalue weighted by atomic mass is 32.2. The van der Waals surface area contributed by atoms with Crippen molar-refractivity contribution in [2.75, 3.05) is 11.1 Å². The molecule has 0 unspecified atom stereocenters. The summed E-state index contributed by atoms with van der Waals surface area (Å²) in [6.07, 6.45) is 3.43. The van der Waals surface area contributed by atoms with Crippen molar-refractivity contribution in [3.63, 3.8) is 0 Å². The zero-order chi connectivity index (χ0) is 22.8. The minimum absolute atomic E-state index is 0.162. The lowest BCUT2D eigenvalue weighted by Crippen LogP contribution is -2.17. The summed E-state index contributed by atoms with van der Waals surface area (Å²) >= 11 is 1.26. The maximum atomic E-state index is 12.8. The average molecular weight is 456 g/mol. The average Bonchev–Trinajstić information content (AvgIpc) is 3.44. The first-order valence-electron chi connectivity index (χ1n) is 10.4. The van der Waals surface area contributed by atoms with Crippen molar-refractivity contribution in [2.24, 2.45) is 0 Å². The van der Waals surface area contributed by atoms with Crippen molar-refractivity contribution in [1.29, 1.82) is 0 Å². The Hall–Kier alpha value is -3.98. The van der Waals surface area contributed by atoms with Gasteiger partial charge in [-0.2, -0.15) is 10.1 Å². The topological polar surface area (TPSA) is 90.0 Å². The lowest BCUT2D eigenvalue weighted by molar-refractivity contribution is -0.113. The van der Waals surface area contributed by atoms with E-state index in [0.717, 1.165) is 28.1 Å². The maximum Gasteiger partial charge on any atom is 0.253 e. The number of aryl methyl sites for hydroxylation is 2. The van der Waals surface area contributed by atoms with Gasteiger partial charge >= 0.3 is 0 Å². The molecule has 0 aliphatic rings. The number of carbonyl (C=O) groups excluding carboxylic acids is 1. The number of fused-ring (bicyclic) bond motifs is 1. The fourth-order valence-corrected chi connectivity index (χ4v) is 4.09. The zero-order valence-corrected chi connectivity index (χ0v) is 19.0. The molecule has 8 nitrogen and oxygen atoms in total. The van der Waals surface area contributed by atoms with Crippen LogP contribution in [0.3, 0.4) is 0 Å². The van der Waals surface area contributed by atoms with E-state index >= 15 is 0 Å². The van der Waals surface area contributed by atoms with Gasteiger partial charge in [0.2, 0.25) is 11.1 Å². The molecule has 0 saturated heterocycles. The minimum atomic E-state index is -0.170. The summed E-state index contributed by atoms with van der Waals surface area (Å²) in [5, 5.41) is 12.6. The fraction of sp³-hybridized carbons (Fsp3) is 0.125. The van der Waals surface area contributed by atoms with Crippen LogP contribution in [0.1, 0.15) is 11.1 Å². The normalized spacial score (nSPS) is 11.1. The highest BCUT2D eigenvalue weighted by Crippen LogP contribution is 2.28. The van der Waals surface area contributed by atoms with Gasteiger partial charge in [0.15, 0.2) is 0 Å². The number of aromatic nitrogens is 6. The van der Waals surface area contributed by atoms with E-state index in [-0.39, 0.29) is 11.7 Å². The van der Waals surface area contributed by atoms with Crippen molar-refractivity contribution in [3.05, 3.63) is 84.2 Å². The molecule has 3 heterocycles. The Morgan fingerprint density at radius 2 is 1.88 bits per heavy atom. The summed E-state index contributed by atoms with van der Waals surface area (Å²) in [7, 11) is 0. The van der Waals surface area contributed by atoms with E-state index in [1.54, 1.807) is 27.7 Å². The molecule has 0 fully saturated rings. The zero-order valence-electron chi connectivity index (χ0n) is 18.1. The predicted molar refractivity (Wildman–Crippen MR) is 129 cm³/mol. The standard InChI is InChI=1S/C24H21N7OS/c1-16-9-10-17(2)19(13-16)20-14-21(31(28-20)18-7-4-3-5-8-18)26-22(32)15-33-24-27-23-25-11-6-12-30(23)29-24/h3-14H,15H2,1-2H3,(H,26,32). The molecule has 0 aliphatic heterocycles. The highest BCUT2D eigenvalue weighted by molar-refractivity contribution is 7.99. The van der Waals surface area contributed by atoms with Crippen LogP contribution in [0.5, 0.6) is 0 Å². The second-order valence-electron chi connectivity index (χ2n) is 7.58. The van der Waals surface area contributed by atoms with Gasteiger partial charge in [-0.25, -0.2) is 14.2 Å². The third-order valence-electron chi connectivity index (χ3n) is 5.08. The summed E-state index contributed by atoms with van der Waals surface area (Å²) in [4.78, 5) is 21.3. The first-order chi connectivity index (χ1) is 16.1. The summed E-state index contributed by atoms with van der Waals surface area (Å²) in [5.74, 6) is 1.10. The molecular weight excluding hydrogens is 434 g/mol. The van der Waals surface area contributed by atoms with Crippen LogP contribution < -0.4 is 5.32 Å². The van der Waals surface area contributed by atoms with Crippen molar-refractivity contribution in [2.45, 2.75) is 19.0 Å². The third-order valence-corrected chi connectivity index (χ3v) is 5.91. The van der Waals surface area contributed by atoms with Crippen LogP contribution in [0.2, 0.25) is 0 Å². The number of amides is 1. The molecule has 0 bridgehead atoms. The predicted octanol–water partition coefficient (Wildman–Crippen LogP) is 4.32. The Morgan fingerprint density at radius 1 is 1.03 bits per heavy atom. The van der Waals surface area contributed by atoms with Gasteiger partial charge in [0.1, 0.15) is 5.82 Å². The van der Waals surface area contributed by atoms with Gasteiger partial charge in [-0.1, -0.05) is 47.7 Å². The SMILES string of the molecule is Cc1ccc(C)c(-c2cc(NC(=O)CSc3nc4ncccn4n3)n(-c3ccccc3)n2)c1. The Morgan fingerprint density at radius 3 is 2.70 bits per heavy atom. The number of thioether (sulfide) groups is 1. The maximum absolute atomic E-state index is 12.8. The monoisotopic (exact) mass is 455 g/mol. The van der Waals surface area contributed by atoms with Crippen molar-refractivity contribution in [3.8, 4) is 16.9 Å². The van der Waals surface area contributed by atoms with E-state index in [1.165, 1.54) is 11.8 Å². The number of hydrogen-bond donors (Lipinski definition) is 1. The molecule has 3 aromatic heterocycles. The molecular formula is C24H21N7OS. The van der Waals surface area contributed by atoms with E-state index < -0.39 is 0 Å². The number of hydrogen-bond acceptors (Lipinski definition) is 6. The Bertz CT molecular complexity index is 1410. The lowest BCUT2D eigenvalue weighted by Gasteiger charge is -2.08. The van der Waals surface area contributed by atoms with Crippen molar-refractivity contribution in [1.82, 2.24) is 29.4 Å². The Balaban J connectivity index is 1.40. The van der Waals surface area contributed by atoms with Gasteiger partial charge in [0, 0.05) is 24.0 Å². The van der Waals surface area contributed by atoms with Crippen LogP contribution in [0.4, 0.5) is 5.82 Å². The number of nitrogens with zero attached hydrogens (tertiary/aromatic N) is 6. The second kappa shape index (κ2) is 8.87. The van der Waals surface area contributed by atoms with Crippen LogP contribution in [0, 0.1) is 13.8 Å². The van der Waals surface area contributed by atoms with Crippen LogP contribution in [-0.4, -0.2) is 41.0 Å². The number of rotatable bonds is 6. The second-order valence-corrected chi connectivity index (χ2v) is 8.52. The molecule has 164 valence electrons. The van der Waals surface area contributed by atoms with E-state index in [1.807, 2.05) is 36.4 Å². The molecule has 9 heteroatoms. The number of nitrogens with one attached hydrogen (secondary N) is 1. The van der Waals surface area contributed by atoms with Gasteiger partial charge in [-0.05, 0) is 43.7 Å². The molecule has 2 aromatic carbocycles. The largest absolute Gasteiger partial charge is 0.310 e. The van der Waals surface area contributed by atoms with Crippen LogP contribution in [-0.2, 0) is 4.79 Å².